The van der Waals surface area contributed by atoms with Crippen LogP contribution >= 0.6 is 125 Å². The zero-order chi connectivity index (χ0) is 30.0. The molecular formula is C31H13Br2Cl8N. The second kappa shape index (κ2) is 12.2. The van der Waals surface area contributed by atoms with E-state index in [0.717, 1.165) is 36.4 Å². The van der Waals surface area contributed by atoms with E-state index in [4.69, 9.17) is 92.8 Å². The van der Waals surface area contributed by atoms with Gasteiger partial charge in [0.1, 0.15) is 0 Å². The summed E-state index contributed by atoms with van der Waals surface area (Å²) in [6.07, 6.45) is 0. The molecule has 0 bridgehead atoms. The zero-order valence-electron chi connectivity index (χ0n) is 20.7. The Morgan fingerprint density at radius 3 is 1.14 bits per heavy atom. The van der Waals surface area contributed by atoms with Gasteiger partial charge in [-0.25, -0.2) is 0 Å². The van der Waals surface area contributed by atoms with Crippen molar-refractivity contribution in [3.63, 3.8) is 0 Å². The largest absolute Gasteiger partial charge is 0.309 e. The van der Waals surface area contributed by atoms with Crippen LogP contribution in [0.3, 0.4) is 0 Å². The predicted octanol–water partition coefficient (Wildman–Crippen LogP) is 14.7. The van der Waals surface area contributed by atoms with Gasteiger partial charge in [0, 0.05) is 88.2 Å². The maximum Gasteiger partial charge on any atom is 0.0541 e. The van der Waals surface area contributed by atoms with Crippen LogP contribution in [-0.4, -0.2) is 4.57 Å². The van der Waals surface area contributed by atoms with E-state index in [9.17, 15) is 0 Å². The summed E-state index contributed by atoms with van der Waals surface area (Å²) >= 11 is 61.0. The lowest BCUT2D eigenvalue weighted by molar-refractivity contribution is 0.976. The molecule has 0 spiro atoms. The van der Waals surface area contributed by atoms with Crippen LogP contribution in [0.15, 0.2) is 81.7 Å². The van der Waals surface area contributed by atoms with Crippen molar-refractivity contribution in [1.29, 1.82) is 0 Å². The molecule has 0 radical (unpaired) electrons. The van der Waals surface area contributed by atoms with Crippen molar-refractivity contribution in [2.75, 3.05) is 0 Å². The van der Waals surface area contributed by atoms with Crippen LogP contribution in [0.1, 0.15) is 22.6 Å². The molecule has 5 aromatic carbocycles. The Kier molecular flexibility index (Phi) is 9.04. The standard InChI is InChI=1S/C31H13Br2Cl8N/c32-13-1-3-26-18(5-13)19-6-14(33)2-4-27(19)42(26)17-11-24(40)30(25(41)12-17)31(28-20(36)7-15(34)8-21(28)37)29-22(38)9-16(35)10-23(29)39/h1-12,31H. The van der Waals surface area contributed by atoms with Gasteiger partial charge in [0.15, 0.2) is 0 Å². The number of fused-ring (bicyclic) bond motifs is 3. The number of rotatable bonds is 4. The third-order valence-electron chi connectivity index (χ3n) is 6.96. The Hall–Kier alpha value is -0.820. The van der Waals surface area contributed by atoms with Gasteiger partial charge in [-0.1, -0.05) is 125 Å². The summed E-state index contributed by atoms with van der Waals surface area (Å²) in [7, 11) is 0. The first-order chi connectivity index (χ1) is 19.9. The van der Waals surface area contributed by atoms with Crippen molar-refractivity contribution in [1.82, 2.24) is 4.57 Å². The van der Waals surface area contributed by atoms with Gasteiger partial charge in [-0.05, 0) is 72.8 Å². The normalized spacial score (nSPS) is 11.8. The Morgan fingerprint density at radius 1 is 0.452 bits per heavy atom. The fourth-order valence-electron chi connectivity index (χ4n) is 5.31. The van der Waals surface area contributed by atoms with Crippen LogP contribution < -0.4 is 0 Å². The Morgan fingerprint density at radius 2 is 0.786 bits per heavy atom. The number of halogens is 10. The smallest absolute Gasteiger partial charge is 0.0541 e. The summed E-state index contributed by atoms with van der Waals surface area (Å²) in [5, 5.41) is 4.79. The summed E-state index contributed by atoms with van der Waals surface area (Å²) in [6.45, 7) is 0. The van der Waals surface area contributed by atoms with Gasteiger partial charge >= 0.3 is 0 Å². The lowest BCUT2D eigenvalue weighted by Crippen LogP contribution is -2.09. The third kappa shape index (κ3) is 5.58. The number of hydrogen-bond donors (Lipinski definition) is 0. The van der Waals surface area contributed by atoms with Gasteiger partial charge in [0.25, 0.3) is 0 Å². The molecule has 0 fully saturated rings. The van der Waals surface area contributed by atoms with Crippen molar-refractivity contribution in [3.05, 3.63) is 139 Å². The average molecular weight is 843 g/mol. The summed E-state index contributed by atoms with van der Waals surface area (Å²) in [6, 6.07) is 22.4. The number of benzene rings is 5. The fourth-order valence-corrected chi connectivity index (χ4v) is 8.80. The monoisotopic (exact) mass is 837 g/mol. The molecule has 0 aliphatic rings. The molecule has 0 atom stereocenters. The molecule has 6 aromatic rings. The fraction of sp³-hybridized carbons (Fsp3) is 0.0323. The molecule has 42 heavy (non-hydrogen) atoms. The van der Waals surface area contributed by atoms with Crippen LogP contribution in [0.5, 0.6) is 0 Å². The molecule has 0 unspecified atom stereocenters. The molecule has 6 rings (SSSR count). The second-order valence-corrected chi connectivity index (χ2v) is 14.6. The highest BCUT2D eigenvalue weighted by molar-refractivity contribution is 9.10. The van der Waals surface area contributed by atoms with Crippen molar-refractivity contribution in [3.8, 4) is 5.69 Å². The van der Waals surface area contributed by atoms with Crippen LogP contribution in [0.4, 0.5) is 0 Å². The van der Waals surface area contributed by atoms with Crippen LogP contribution in [0, 0.1) is 0 Å². The van der Waals surface area contributed by atoms with Gasteiger partial charge in [0.05, 0.1) is 11.0 Å². The van der Waals surface area contributed by atoms with E-state index in [0.29, 0.717) is 56.9 Å². The minimum Gasteiger partial charge on any atom is -0.309 e. The highest BCUT2D eigenvalue weighted by atomic mass is 79.9. The van der Waals surface area contributed by atoms with E-state index in [1.165, 1.54) is 0 Å². The van der Waals surface area contributed by atoms with Crippen molar-refractivity contribution >= 4 is 146 Å². The Balaban J connectivity index is 1.65. The average Bonchev–Trinajstić information content (AvgIpc) is 3.19. The van der Waals surface area contributed by atoms with Crippen molar-refractivity contribution < 1.29 is 0 Å². The van der Waals surface area contributed by atoms with E-state index < -0.39 is 5.92 Å². The molecule has 0 aliphatic heterocycles. The van der Waals surface area contributed by atoms with Gasteiger partial charge in [-0.3, -0.25) is 0 Å². The minimum atomic E-state index is -0.751. The maximum atomic E-state index is 7.13. The molecular weight excluding hydrogens is 830 g/mol. The van der Waals surface area contributed by atoms with Crippen LogP contribution in [0.25, 0.3) is 27.5 Å². The SMILES string of the molecule is Clc1cc(Cl)c(C(c2c(Cl)cc(Cl)cc2Cl)c2c(Cl)cc(-n3c4ccc(Br)cc4c4cc(Br)ccc43)cc2Cl)c(Cl)c1. The first-order valence-electron chi connectivity index (χ1n) is 12.1. The van der Waals surface area contributed by atoms with E-state index >= 15 is 0 Å². The topological polar surface area (TPSA) is 4.93 Å². The molecule has 0 amide bonds. The quantitative estimate of drug-likeness (QED) is 0.156. The first-order valence-corrected chi connectivity index (χ1v) is 16.7. The molecule has 1 nitrogen and oxygen atoms in total. The summed E-state index contributed by atoms with van der Waals surface area (Å²) in [5.41, 5.74) is 4.24. The number of nitrogens with zero attached hydrogens (tertiary/aromatic N) is 1. The summed E-state index contributed by atoms with van der Waals surface area (Å²) in [5.74, 6) is -0.751. The van der Waals surface area contributed by atoms with E-state index in [1.54, 1.807) is 24.3 Å². The van der Waals surface area contributed by atoms with Gasteiger partial charge < -0.3 is 4.57 Å². The highest BCUT2D eigenvalue weighted by Crippen LogP contribution is 2.51. The molecule has 212 valence electrons. The predicted molar refractivity (Wildman–Crippen MR) is 190 cm³/mol. The van der Waals surface area contributed by atoms with Gasteiger partial charge in [-0.15, -0.1) is 0 Å². The van der Waals surface area contributed by atoms with Crippen LogP contribution in [0.2, 0.25) is 40.2 Å². The summed E-state index contributed by atoms with van der Waals surface area (Å²) < 4.78 is 4.05. The Labute approximate surface area is 298 Å². The molecule has 1 heterocycles. The van der Waals surface area contributed by atoms with Crippen LogP contribution in [-0.2, 0) is 0 Å². The number of hydrogen-bond acceptors (Lipinski definition) is 0. The van der Waals surface area contributed by atoms with Gasteiger partial charge in [-0.2, -0.15) is 0 Å². The van der Waals surface area contributed by atoms with Crippen molar-refractivity contribution in [2.24, 2.45) is 0 Å². The lowest BCUT2D eigenvalue weighted by Gasteiger charge is -2.26. The first kappa shape index (κ1) is 31.2. The second-order valence-electron chi connectivity index (χ2n) is 9.48. The molecule has 0 aliphatic carbocycles. The van der Waals surface area contributed by atoms with Gasteiger partial charge in [0.2, 0.25) is 0 Å². The molecule has 11 heteroatoms. The molecule has 0 N–H and O–H groups in total. The highest BCUT2D eigenvalue weighted by Gasteiger charge is 2.31. The van der Waals surface area contributed by atoms with E-state index in [2.05, 4.69) is 48.6 Å². The maximum absolute atomic E-state index is 7.13. The molecule has 0 saturated carbocycles. The number of aromatic nitrogens is 1. The molecule has 1 aromatic heterocycles. The Bertz CT molecular complexity index is 1890. The minimum absolute atomic E-state index is 0.300. The van der Waals surface area contributed by atoms with E-state index in [1.807, 2.05) is 36.4 Å². The third-order valence-corrected chi connectivity index (χ3v) is 10.3. The summed E-state index contributed by atoms with van der Waals surface area (Å²) in [4.78, 5) is 0. The van der Waals surface area contributed by atoms with E-state index in [-0.39, 0.29) is 0 Å². The molecule has 0 saturated heterocycles. The lowest BCUT2D eigenvalue weighted by atomic mass is 9.84. The zero-order valence-corrected chi connectivity index (χ0v) is 30.0. The van der Waals surface area contributed by atoms with Crippen molar-refractivity contribution in [2.45, 2.75) is 5.92 Å².